The van der Waals surface area contributed by atoms with Crippen LogP contribution in [0.25, 0.3) is 11.0 Å². The van der Waals surface area contributed by atoms with Crippen LogP contribution in [0.5, 0.6) is 0 Å². The van der Waals surface area contributed by atoms with Crippen molar-refractivity contribution < 1.29 is 9.21 Å². The fraction of sp³-hybridized carbons (Fsp3) is 0.0588. The number of carbonyl (C=O) groups is 1. The van der Waals surface area contributed by atoms with E-state index in [9.17, 15) is 9.59 Å². The second kappa shape index (κ2) is 6.07. The Kier molecular flexibility index (Phi) is 4.11. The number of para-hydroxylation sites is 1. The molecule has 1 aromatic heterocycles. The van der Waals surface area contributed by atoms with E-state index < -0.39 is 11.5 Å². The molecule has 0 saturated heterocycles. The SMILES string of the molecule is Cc1c(Cl)cccc1NC(=O)c1cc2cccc(Cl)c2oc1=O. The number of halogens is 2. The lowest BCUT2D eigenvalue weighted by Gasteiger charge is -2.09. The van der Waals surface area contributed by atoms with Crippen molar-refractivity contribution >= 4 is 45.8 Å². The summed E-state index contributed by atoms with van der Waals surface area (Å²) in [5.41, 5.74) is 0.667. The van der Waals surface area contributed by atoms with Gasteiger partial charge in [0.25, 0.3) is 5.91 Å². The largest absolute Gasteiger partial charge is 0.421 e. The summed E-state index contributed by atoms with van der Waals surface area (Å²) in [7, 11) is 0. The Bertz CT molecular complexity index is 979. The highest BCUT2D eigenvalue weighted by molar-refractivity contribution is 6.34. The first-order valence-corrected chi connectivity index (χ1v) is 7.52. The number of anilines is 1. The monoisotopic (exact) mass is 347 g/mol. The van der Waals surface area contributed by atoms with E-state index in [1.807, 2.05) is 0 Å². The zero-order chi connectivity index (χ0) is 16.6. The summed E-state index contributed by atoms with van der Waals surface area (Å²) < 4.78 is 5.16. The average molecular weight is 348 g/mol. The average Bonchev–Trinajstić information content (AvgIpc) is 2.52. The molecule has 0 fully saturated rings. The first kappa shape index (κ1) is 15.6. The molecule has 1 heterocycles. The molecule has 0 saturated carbocycles. The van der Waals surface area contributed by atoms with Gasteiger partial charge in [-0.15, -0.1) is 0 Å². The van der Waals surface area contributed by atoms with Crippen molar-refractivity contribution in [1.82, 2.24) is 0 Å². The van der Waals surface area contributed by atoms with Gasteiger partial charge in [0.05, 0.1) is 5.02 Å². The lowest BCUT2D eigenvalue weighted by atomic mass is 10.1. The number of rotatable bonds is 2. The van der Waals surface area contributed by atoms with Gasteiger partial charge in [0.2, 0.25) is 0 Å². The molecule has 0 bridgehead atoms. The van der Waals surface area contributed by atoms with Gasteiger partial charge in [-0.05, 0) is 36.8 Å². The second-order valence-corrected chi connectivity index (χ2v) is 5.79. The molecule has 3 rings (SSSR count). The van der Waals surface area contributed by atoms with E-state index in [0.717, 1.165) is 5.56 Å². The lowest BCUT2D eigenvalue weighted by Crippen LogP contribution is -2.21. The van der Waals surface area contributed by atoms with Gasteiger partial charge < -0.3 is 9.73 Å². The highest BCUT2D eigenvalue weighted by atomic mass is 35.5. The maximum atomic E-state index is 12.4. The summed E-state index contributed by atoms with van der Waals surface area (Å²) in [6.07, 6.45) is 0. The Hall–Kier alpha value is -2.30. The topological polar surface area (TPSA) is 59.3 Å². The minimum Gasteiger partial charge on any atom is -0.421 e. The molecule has 0 aliphatic heterocycles. The Morgan fingerprint density at radius 1 is 1.09 bits per heavy atom. The first-order chi connectivity index (χ1) is 11.0. The minimum atomic E-state index is -0.747. The molecule has 2 aromatic carbocycles. The van der Waals surface area contributed by atoms with E-state index >= 15 is 0 Å². The van der Waals surface area contributed by atoms with Crippen molar-refractivity contribution in [3.05, 3.63) is 74.1 Å². The van der Waals surface area contributed by atoms with Gasteiger partial charge in [-0.25, -0.2) is 4.79 Å². The third-order valence-corrected chi connectivity index (χ3v) is 4.18. The Morgan fingerprint density at radius 2 is 1.78 bits per heavy atom. The zero-order valence-electron chi connectivity index (χ0n) is 12.0. The highest BCUT2D eigenvalue weighted by Gasteiger charge is 2.16. The van der Waals surface area contributed by atoms with Gasteiger partial charge in [-0.2, -0.15) is 0 Å². The molecular formula is C17H11Cl2NO3. The van der Waals surface area contributed by atoms with Crippen LogP contribution >= 0.6 is 23.2 Å². The summed E-state index contributed by atoms with van der Waals surface area (Å²) in [5.74, 6) is -0.564. The van der Waals surface area contributed by atoms with E-state index in [0.29, 0.717) is 21.1 Å². The van der Waals surface area contributed by atoms with Crippen molar-refractivity contribution in [3.63, 3.8) is 0 Å². The quantitative estimate of drug-likeness (QED) is 0.685. The van der Waals surface area contributed by atoms with Crippen molar-refractivity contribution in [2.24, 2.45) is 0 Å². The predicted molar refractivity (Wildman–Crippen MR) is 91.6 cm³/mol. The van der Waals surface area contributed by atoms with E-state index in [1.54, 1.807) is 43.3 Å². The van der Waals surface area contributed by atoms with Crippen molar-refractivity contribution in [3.8, 4) is 0 Å². The molecule has 0 atom stereocenters. The molecule has 0 aliphatic carbocycles. The molecule has 4 nitrogen and oxygen atoms in total. The van der Waals surface area contributed by atoms with Crippen LogP contribution in [0.1, 0.15) is 15.9 Å². The summed E-state index contributed by atoms with van der Waals surface area (Å²) in [5, 5.41) is 4.09. The van der Waals surface area contributed by atoms with Gasteiger partial charge >= 0.3 is 5.63 Å². The number of amides is 1. The fourth-order valence-corrected chi connectivity index (χ4v) is 2.59. The van der Waals surface area contributed by atoms with Crippen LogP contribution in [-0.2, 0) is 0 Å². The standard InChI is InChI=1S/C17H11Cl2NO3/c1-9-12(18)5-3-7-14(9)20-16(21)11-8-10-4-2-6-13(19)15(10)23-17(11)22/h2-8H,1H3,(H,20,21). The number of nitrogens with one attached hydrogen (secondary N) is 1. The van der Waals surface area contributed by atoms with Gasteiger partial charge in [0, 0.05) is 16.1 Å². The minimum absolute atomic E-state index is 0.0980. The van der Waals surface area contributed by atoms with E-state index in [4.69, 9.17) is 27.6 Å². The lowest BCUT2D eigenvalue weighted by molar-refractivity contribution is 0.102. The van der Waals surface area contributed by atoms with Crippen LogP contribution in [0, 0.1) is 6.92 Å². The van der Waals surface area contributed by atoms with Crippen LogP contribution in [0.4, 0.5) is 5.69 Å². The molecule has 116 valence electrons. The van der Waals surface area contributed by atoms with Crippen LogP contribution in [0.2, 0.25) is 10.0 Å². The maximum Gasteiger partial charge on any atom is 0.349 e. The third-order valence-electron chi connectivity index (χ3n) is 3.47. The number of fused-ring (bicyclic) bond motifs is 1. The molecule has 3 aromatic rings. The normalized spacial score (nSPS) is 10.7. The van der Waals surface area contributed by atoms with Crippen molar-refractivity contribution in [2.45, 2.75) is 6.92 Å². The molecule has 23 heavy (non-hydrogen) atoms. The smallest absolute Gasteiger partial charge is 0.349 e. The van der Waals surface area contributed by atoms with Crippen LogP contribution in [-0.4, -0.2) is 5.91 Å². The molecule has 0 radical (unpaired) electrons. The van der Waals surface area contributed by atoms with Gasteiger partial charge in [0.1, 0.15) is 5.56 Å². The van der Waals surface area contributed by atoms with Gasteiger partial charge in [-0.1, -0.05) is 41.4 Å². The molecule has 6 heteroatoms. The van der Waals surface area contributed by atoms with Gasteiger partial charge in [0.15, 0.2) is 5.58 Å². The van der Waals surface area contributed by atoms with Crippen molar-refractivity contribution in [2.75, 3.05) is 5.32 Å². The zero-order valence-corrected chi connectivity index (χ0v) is 13.5. The Balaban J connectivity index is 2.03. The van der Waals surface area contributed by atoms with Crippen LogP contribution in [0.3, 0.4) is 0 Å². The molecule has 1 amide bonds. The summed E-state index contributed by atoms with van der Waals surface area (Å²) in [6.45, 7) is 1.78. The maximum absolute atomic E-state index is 12.4. The van der Waals surface area contributed by atoms with Crippen molar-refractivity contribution in [1.29, 1.82) is 0 Å². The van der Waals surface area contributed by atoms with E-state index in [-0.39, 0.29) is 11.1 Å². The summed E-state index contributed by atoms with van der Waals surface area (Å²) in [4.78, 5) is 24.4. The first-order valence-electron chi connectivity index (χ1n) is 6.76. The van der Waals surface area contributed by atoms with Gasteiger partial charge in [-0.3, -0.25) is 4.79 Å². The molecular weight excluding hydrogens is 337 g/mol. The van der Waals surface area contributed by atoms with Crippen LogP contribution in [0.15, 0.2) is 51.7 Å². The van der Waals surface area contributed by atoms with Crippen LogP contribution < -0.4 is 10.9 Å². The highest BCUT2D eigenvalue weighted by Crippen LogP contribution is 2.25. The Morgan fingerprint density at radius 3 is 2.57 bits per heavy atom. The summed E-state index contributed by atoms with van der Waals surface area (Å²) in [6, 6.07) is 11.6. The fourth-order valence-electron chi connectivity index (χ4n) is 2.20. The van der Waals surface area contributed by atoms with E-state index in [1.165, 1.54) is 6.07 Å². The number of hydrogen-bond acceptors (Lipinski definition) is 3. The summed E-state index contributed by atoms with van der Waals surface area (Å²) >= 11 is 12.0. The molecule has 0 unspecified atom stereocenters. The molecule has 1 N–H and O–H groups in total. The molecule has 0 aliphatic rings. The number of hydrogen-bond donors (Lipinski definition) is 1. The molecule has 0 spiro atoms. The number of carbonyl (C=O) groups excluding carboxylic acids is 1. The Labute approximate surface area is 141 Å². The predicted octanol–water partition coefficient (Wildman–Crippen LogP) is 4.66. The second-order valence-electron chi connectivity index (χ2n) is 4.97. The third kappa shape index (κ3) is 2.96. The van der Waals surface area contributed by atoms with E-state index in [2.05, 4.69) is 5.32 Å². The number of benzene rings is 2.